The molecule has 0 aliphatic heterocycles. The van der Waals surface area contributed by atoms with Crippen LogP contribution in [0.3, 0.4) is 0 Å². The third-order valence-electron chi connectivity index (χ3n) is 4.43. The van der Waals surface area contributed by atoms with Crippen LogP contribution in [0.25, 0.3) is 0 Å². The number of amidine groups is 2. The third kappa shape index (κ3) is 5.55. The fraction of sp³-hybridized carbons (Fsp3) is 0.136. The van der Waals surface area contributed by atoms with Crippen LogP contribution >= 0.6 is 0 Å². The first-order chi connectivity index (χ1) is 14.0. The molecule has 0 fully saturated rings. The van der Waals surface area contributed by atoms with Gasteiger partial charge in [0.1, 0.15) is 11.7 Å². The molecule has 1 aromatic heterocycles. The number of nitrogens with one attached hydrogen (secondary N) is 3. The van der Waals surface area contributed by atoms with Gasteiger partial charge in [0.2, 0.25) is 0 Å². The second-order valence-corrected chi connectivity index (χ2v) is 6.50. The Morgan fingerprint density at radius 1 is 0.828 bits per heavy atom. The van der Waals surface area contributed by atoms with Crippen molar-refractivity contribution in [3.63, 3.8) is 0 Å². The number of aliphatic imine (C=N–C) groups is 1. The normalized spacial score (nSPS) is 11.1. The minimum Gasteiger partial charge on any atom is -0.384 e. The topological polar surface area (TPSA) is 125 Å². The summed E-state index contributed by atoms with van der Waals surface area (Å²) in [7, 11) is 1.68. The van der Waals surface area contributed by atoms with E-state index in [4.69, 9.17) is 16.9 Å². The van der Waals surface area contributed by atoms with E-state index < -0.39 is 0 Å². The van der Waals surface area contributed by atoms with E-state index in [1.54, 1.807) is 7.05 Å². The number of nitrogens with zero attached hydrogens (tertiary/aromatic N) is 2. The Balaban J connectivity index is 1.56. The summed E-state index contributed by atoms with van der Waals surface area (Å²) in [5.74, 6) is 0.587. The smallest absolute Gasteiger partial charge is 0.125 e. The minimum atomic E-state index is 0.0648. The summed E-state index contributed by atoms with van der Waals surface area (Å²) < 4.78 is 0. The predicted octanol–water partition coefficient (Wildman–Crippen LogP) is 2.92. The highest BCUT2D eigenvalue weighted by molar-refractivity contribution is 5.97. The van der Waals surface area contributed by atoms with Crippen molar-refractivity contribution in [1.29, 1.82) is 5.41 Å². The van der Waals surface area contributed by atoms with E-state index in [-0.39, 0.29) is 5.84 Å². The number of anilines is 2. The molecule has 0 unspecified atom stereocenters. The number of benzene rings is 2. The predicted molar refractivity (Wildman–Crippen MR) is 119 cm³/mol. The van der Waals surface area contributed by atoms with Gasteiger partial charge in [0.15, 0.2) is 0 Å². The van der Waals surface area contributed by atoms with Crippen molar-refractivity contribution in [2.24, 2.45) is 16.5 Å². The molecule has 0 spiro atoms. The summed E-state index contributed by atoms with van der Waals surface area (Å²) in [5.41, 5.74) is 16.8. The summed E-state index contributed by atoms with van der Waals surface area (Å²) in [6.45, 7) is 1.23. The molecular weight excluding hydrogens is 362 g/mol. The molecule has 3 aromatic rings. The zero-order chi connectivity index (χ0) is 20.6. The number of aromatic nitrogens is 1. The van der Waals surface area contributed by atoms with Crippen molar-refractivity contribution < 1.29 is 0 Å². The molecule has 0 amide bonds. The lowest BCUT2D eigenvalue weighted by atomic mass is 10.2. The molecule has 0 bridgehead atoms. The molecule has 0 aliphatic rings. The molecule has 7 heteroatoms. The second kappa shape index (κ2) is 9.36. The molecule has 0 atom stereocenters. The quantitative estimate of drug-likeness (QED) is 0.300. The maximum Gasteiger partial charge on any atom is 0.125 e. The van der Waals surface area contributed by atoms with Crippen LogP contribution in [0.4, 0.5) is 11.4 Å². The first-order valence-electron chi connectivity index (χ1n) is 9.25. The number of hydrogen-bond donors (Lipinski definition) is 5. The van der Waals surface area contributed by atoms with Crippen molar-refractivity contribution in [2.75, 3.05) is 17.7 Å². The SMILES string of the molecule is CN=C(N)c1ccc(NCc2cccc(CNc3ccc(C(=N)N)cc3)n2)cc1. The van der Waals surface area contributed by atoms with E-state index in [0.717, 1.165) is 28.3 Å². The molecule has 29 heavy (non-hydrogen) atoms. The highest BCUT2D eigenvalue weighted by Crippen LogP contribution is 2.13. The van der Waals surface area contributed by atoms with Gasteiger partial charge in [-0.15, -0.1) is 0 Å². The molecule has 2 aromatic carbocycles. The Labute approximate surface area is 170 Å². The van der Waals surface area contributed by atoms with Crippen LogP contribution < -0.4 is 22.1 Å². The molecule has 0 aliphatic carbocycles. The summed E-state index contributed by atoms with van der Waals surface area (Å²) in [4.78, 5) is 8.68. The summed E-state index contributed by atoms with van der Waals surface area (Å²) >= 11 is 0. The van der Waals surface area contributed by atoms with Crippen molar-refractivity contribution in [3.05, 3.63) is 89.2 Å². The van der Waals surface area contributed by atoms with E-state index in [1.165, 1.54) is 0 Å². The van der Waals surface area contributed by atoms with Gasteiger partial charge in [-0.25, -0.2) is 0 Å². The van der Waals surface area contributed by atoms with Crippen molar-refractivity contribution in [3.8, 4) is 0 Å². The van der Waals surface area contributed by atoms with E-state index >= 15 is 0 Å². The number of rotatable bonds is 8. The number of nitrogens with two attached hydrogens (primary N) is 2. The van der Waals surface area contributed by atoms with Gasteiger partial charge in [-0.05, 0) is 60.7 Å². The molecule has 0 radical (unpaired) electrons. The second-order valence-electron chi connectivity index (χ2n) is 6.50. The standard InChI is InChI=1S/C22H25N7/c1-26-22(25)16-7-11-18(12-8-16)28-14-20-4-2-3-19(29-20)13-27-17-9-5-15(6-10-17)21(23)24/h2-12,27-28H,13-14H2,1H3,(H3,23,24)(H2,25,26). The van der Waals surface area contributed by atoms with Crippen LogP contribution in [0.5, 0.6) is 0 Å². The van der Waals surface area contributed by atoms with Crippen LogP contribution in [0.1, 0.15) is 22.5 Å². The maximum atomic E-state index is 7.44. The molecule has 0 saturated carbocycles. The van der Waals surface area contributed by atoms with E-state index in [0.29, 0.717) is 24.5 Å². The molecule has 3 rings (SSSR count). The van der Waals surface area contributed by atoms with Crippen LogP contribution in [0.2, 0.25) is 0 Å². The van der Waals surface area contributed by atoms with E-state index in [1.807, 2.05) is 66.7 Å². The Bertz CT molecular complexity index is 992. The Hall–Kier alpha value is -3.87. The lowest BCUT2D eigenvalue weighted by molar-refractivity contribution is 0.966. The monoisotopic (exact) mass is 387 g/mol. The average molecular weight is 387 g/mol. The van der Waals surface area contributed by atoms with Gasteiger partial charge in [-0.1, -0.05) is 6.07 Å². The summed E-state index contributed by atoms with van der Waals surface area (Å²) in [6, 6.07) is 21.3. The fourth-order valence-corrected chi connectivity index (χ4v) is 2.77. The molecule has 7 N–H and O–H groups in total. The van der Waals surface area contributed by atoms with Crippen LogP contribution in [0.15, 0.2) is 71.7 Å². The highest BCUT2D eigenvalue weighted by atomic mass is 14.9. The van der Waals surface area contributed by atoms with Crippen LogP contribution in [0, 0.1) is 5.41 Å². The van der Waals surface area contributed by atoms with E-state index in [9.17, 15) is 0 Å². The molecular formula is C22H25N7. The lowest BCUT2D eigenvalue weighted by Gasteiger charge is -2.10. The number of nitrogen functional groups attached to an aromatic ring is 1. The van der Waals surface area contributed by atoms with Crippen LogP contribution in [-0.2, 0) is 13.1 Å². The number of hydrogen-bond acceptors (Lipinski definition) is 5. The van der Waals surface area contributed by atoms with Crippen LogP contribution in [-0.4, -0.2) is 23.7 Å². The van der Waals surface area contributed by atoms with Gasteiger partial charge in [-0.2, -0.15) is 0 Å². The first kappa shape index (κ1) is 19.9. The fourth-order valence-electron chi connectivity index (χ4n) is 2.77. The Morgan fingerprint density at radius 2 is 1.31 bits per heavy atom. The van der Waals surface area contributed by atoms with E-state index in [2.05, 4.69) is 20.6 Å². The van der Waals surface area contributed by atoms with Gasteiger partial charge in [0.25, 0.3) is 0 Å². The number of pyridine rings is 1. The Morgan fingerprint density at radius 3 is 1.76 bits per heavy atom. The molecule has 148 valence electrons. The third-order valence-corrected chi connectivity index (χ3v) is 4.43. The zero-order valence-electron chi connectivity index (χ0n) is 16.3. The largest absolute Gasteiger partial charge is 0.384 e. The molecule has 7 nitrogen and oxygen atoms in total. The van der Waals surface area contributed by atoms with Gasteiger partial charge >= 0.3 is 0 Å². The van der Waals surface area contributed by atoms with Gasteiger partial charge in [-0.3, -0.25) is 15.4 Å². The first-order valence-corrected chi connectivity index (χ1v) is 9.25. The minimum absolute atomic E-state index is 0.0648. The van der Waals surface area contributed by atoms with Crippen molar-refractivity contribution in [1.82, 2.24) is 4.98 Å². The highest BCUT2D eigenvalue weighted by Gasteiger charge is 2.02. The molecule has 0 saturated heterocycles. The summed E-state index contributed by atoms with van der Waals surface area (Å²) in [5, 5.41) is 14.1. The Kier molecular flexibility index (Phi) is 6.42. The maximum absolute atomic E-state index is 7.44. The van der Waals surface area contributed by atoms with Gasteiger partial charge < -0.3 is 22.1 Å². The van der Waals surface area contributed by atoms with Crippen molar-refractivity contribution >= 4 is 23.0 Å². The van der Waals surface area contributed by atoms with Gasteiger partial charge in [0, 0.05) is 29.5 Å². The van der Waals surface area contributed by atoms with Gasteiger partial charge in [0.05, 0.1) is 24.5 Å². The molecule has 1 heterocycles. The zero-order valence-corrected chi connectivity index (χ0v) is 16.3. The van der Waals surface area contributed by atoms with Crippen molar-refractivity contribution in [2.45, 2.75) is 13.1 Å². The average Bonchev–Trinajstić information content (AvgIpc) is 2.76. The lowest BCUT2D eigenvalue weighted by Crippen LogP contribution is -2.12. The summed E-state index contributed by atoms with van der Waals surface area (Å²) in [6.07, 6.45) is 0.